The highest BCUT2D eigenvalue weighted by atomic mass is 79.9. The zero-order valence-corrected chi connectivity index (χ0v) is 13.1. The van der Waals surface area contributed by atoms with Crippen molar-refractivity contribution in [2.24, 2.45) is 5.73 Å². The molecule has 2 nitrogen and oxygen atoms in total. The quantitative estimate of drug-likeness (QED) is 0.831. The summed E-state index contributed by atoms with van der Waals surface area (Å²) in [6, 6.07) is 11.3. The number of hydrogen-bond donors (Lipinski definition) is 1. The number of hydrogen-bond acceptors (Lipinski definition) is 2. The molecule has 0 amide bonds. The van der Waals surface area contributed by atoms with Gasteiger partial charge in [-0.3, -0.25) is 0 Å². The second-order valence-corrected chi connectivity index (χ2v) is 5.75. The first-order valence-electron chi connectivity index (χ1n) is 5.96. The third-order valence-corrected chi connectivity index (χ3v) is 4.04. The Morgan fingerprint density at radius 2 is 1.79 bits per heavy atom. The first-order valence-corrected chi connectivity index (χ1v) is 7.13. The number of rotatable bonds is 3. The summed E-state index contributed by atoms with van der Waals surface area (Å²) in [6.07, 6.45) is 0. The average molecular weight is 341 g/mol. The molecule has 1 unspecified atom stereocenters. The van der Waals surface area contributed by atoms with Gasteiger partial charge in [0.1, 0.15) is 11.5 Å². The molecule has 0 radical (unpaired) electrons. The van der Waals surface area contributed by atoms with Crippen molar-refractivity contribution in [3.63, 3.8) is 0 Å². The van der Waals surface area contributed by atoms with Crippen LogP contribution in [0.2, 0.25) is 5.02 Å². The molecule has 100 valence electrons. The van der Waals surface area contributed by atoms with Crippen molar-refractivity contribution < 1.29 is 4.74 Å². The molecule has 0 spiro atoms. The number of halogens is 2. The Morgan fingerprint density at radius 3 is 2.37 bits per heavy atom. The standard InChI is InChI=1S/C15H15BrClNO/c1-9-7-11(4-6-14(9)16)19-12-3-5-13(10(2)18)15(17)8-12/h3-8,10H,18H2,1-2H3. The monoisotopic (exact) mass is 339 g/mol. The van der Waals surface area contributed by atoms with E-state index in [0.29, 0.717) is 10.8 Å². The van der Waals surface area contributed by atoms with Gasteiger partial charge in [-0.2, -0.15) is 0 Å². The normalized spacial score (nSPS) is 12.3. The Kier molecular flexibility index (Phi) is 4.50. The van der Waals surface area contributed by atoms with E-state index >= 15 is 0 Å². The van der Waals surface area contributed by atoms with Crippen molar-refractivity contribution in [2.75, 3.05) is 0 Å². The molecule has 0 bridgehead atoms. The van der Waals surface area contributed by atoms with Crippen molar-refractivity contribution in [2.45, 2.75) is 19.9 Å². The minimum Gasteiger partial charge on any atom is -0.457 e. The molecule has 0 aliphatic rings. The van der Waals surface area contributed by atoms with Crippen LogP contribution in [0.4, 0.5) is 0 Å². The molecule has 4 heteroatoms. The predicted octanol–water partition coefficient (Wildman–Crippen LogP) is 5.22. The summed E-state index contributed by atoms with van der Waals surface area (Å²) >= 11 is 9.64. The second kappa shape index (κ2) is 5.95. The van der Waals surface area contributed by atoms with E-state index in [2.05, 4.69) is 15.9 Å². The molecule has 0 aliphatic heterocycles. The molecular weight excluding hydrogens is 326 g/mol. The van der Waals surface area contributed by atoms with Crippen LogP contribution < -0.4 is 10.5 Å². The number of aryl methyl sites for hydroxylation is 1. The number of benzene rings is 2. The fraction of sp³-hybridized carbons (Fsp3) is 0.200. The maximum Gasteiger partial charge on any atom is 0.128 e. The fourth-order valence-corrected chi connectivity index (χ4v) is 2.35. The van der Waals surface area contributed by atoms with Crippen molar-refractivity contribution in [3.05, 3.63) is 57.0 Å². The van der Waals surface area contributed by atoms with Crippen LogP contribution in [0.1, 0.15) is 24.1 Å². The molecule has 0 saturated heterocycles. The average Bonchev–Trinajstić information content (AvgIpc) is 2.33. The smallest absolute Gasteiger partial charge is 0.128 e. The van der Waals surface area contributed by atoms with E-state index in [4.69, 9.17) is 22.1 Å². The summed E-state index contributed by atoms with van der Waals surface area (Å²) in [4.78, 5) is 0. The summed E-state index contributed by atoms with van der Waals surface area (Å²) in [5.41, 5.74) is 7.86. The molecule has 1 atom stereocenters. The molecule has 2 rings (SSSR count). The van der Waals surface area contributed by atoms with Gasteiger partial charge in [-0.1, -0.05) is 33.6 Å². The topological polar surface area (TPSA) is 35.2 Å². The van der Waals surface area contributed by atoms with E-state index < -0.39 is 0 Å². The largest absolute Gasteiger partial charge is 0.457 e. The fourth-order valence-electron chi connectivity index (χ4n) is 1.76. The highest BCUT2D eigenvalue weighted by Gasteiger charge is 2.07. The van der Waals surface area contributed by atoms with Gasteiger partial charge in [-0.15, -0.1) is 0 Å². The lowest BCUT2D eigenvalue weighted by atomic mass is 10.1. The van der Waals surface area contributed by atoms with Gasteiger partial charge in [0.15, 0.2) is 0 Å². The van der Waals surface area contributed by atoms with Gasteiger partial charge in [0.2, 0.25) is 0 Å². The SMILES string of the molecule is Cc1cc(Oc2ccc(C(C)N)c(Cl)c2)ccc1Br. The molecule has 2 aromatic carbocycles. The third-order valence-electron chi connectivity index (χ3n) is 2.83. The molecule has 2 N–H and O–H groups in total. The Bertz CT molecular complexity index is 599. The van der Waals surface area contributed by atoms with Crippen LogP contribution in [-0.2, 0) is 0 Å². The summed E-state index contributed by atoms with van der Waals surface area (Å²) in [5.74, 6) is 1.49. The van der Waals surface area contributed by atoms with Gasteiger partial charge < -0.3 is 10.5 Å². The first-order chi connectivity index (χ1) is 8.97. The lowest BCUT2D eigenvalue weighted by Gasteiger charge is -2.11. The molecule has 2 aromatic rings. The highest BCUT2D eigenvalue weighted by molar-refractivity contribution is 9.10. The molecule has 0 saturated carbocycles. The van der Waals surface area contributed by atoms with Gasteiger partial charge in [0.05, 0.1) is 0 Å². The van der Waals surface area contributed by atoms with Crippen molar-refractivity contribution in [3.8, 4) is 11.5 Å². The van der Waals surface area contributed by atoms with Gasteiger partial charge in [0.25, 0.3) is 0 Å². The minimum absolute atomic E-state index is 0.0866. The molecule has 0 aliphatic carbocycles. The van der Waals surface area contributed by atoms with E-state index in [-0.39, 0.29) is 6.04 Å². The zero-order valence-electron chi connectivity index (χ0n) is 10.8. The molecule has 0 fully saturated rings. The summed E-state index contributed by atoms with van der Waals surface area (Å²) < 4.78 is 6.84. The van der Waals surface area contributed by atoms with Crippen molar-refractivity contribution >= 4 is 27.5 Å². The molecular formula is C15H15BrClNO. The summed E-state index contributed by atoms with van der Waals surface area (Å²) in [6.45, 7) is 3.92. The Morgan fingerprint density at radius 1 is 1.16 bits per heavy atom. The predicted molar refractivity (Wildman–Crippen MR) is 83.0 cm³/mol. The van der Waals surface area contributed by atoms with Crippen LogP contribution in [0.25, 0.3) is 0 Å². The Hall–Kier alpha value is -1.03. The van der Waals surface area contributed by atoms with E-state index in [9.17, 15) is 0 Å². The van der Waals surface area contributed by atoms with Crippen LogP contribution in [0.3, 0.4) is 0 Å². The van der Waals surface area contributed by atoms with Crippen molar-refractivity contribution in [1.82, 2.24) is 0 Å². The molecule has 0 aromatic heterocycles. The second-order valence-electron chi connectivity index (χ2n) is 4.49. The zero-order chi connectivity index (χ0) is 14.0. The Labute approximate surface area is 126 Å². The van der Waals surface area contributed by atoms with E-state index in [1.54, 1.807) is 6.07 Å². The summed E-state index contributed by atoms with van der Waals surface area (Å²) in [7, 11) is 0. The van der Waals surface area contributed by atoms with E-state index in [0.717, 1.165) is 21.3 Å². The van der Waals surface area contributed by atoms with Crippen molar-refractivity contribution in [1.29, 1.82) is 0 Å². The van der Waals surface area contributed by atoms with Gasteiger partial charge >= 0.3 is 0 Å². The van der Waals surface area contributed by atoms with Gasteiger partial charge in [-0.25, -0.2) is 0 Å². The van der Waals surface area contributed by atoms with Gasteiger partial charge in [-0.05, 0) is 55.3 Å². The number of nitrogens with two attached hydrogens (primary N) is 1. The number of ether oxygens (including phenoxy) is 1. The summed E-state index contributed by atoms with van der Waals surface area (Å²) in [5, 5.41) is 0.626. The highest BCUT2D eigenvalue weighted by Crippen LogP contribution is 2.30. The minimum atomic E-state index is -0.0866. The maximum absolute atomic E-state index is 6.18. The first kappa shape index (κ1) is 14.4. The molecule has 0 heterocycles. The van der Waals surface area contributed by atoms with E-state index in [1.807, 2.05) is 44.2 Å². The Balaban J connectivity index is 2.24. The van der Waals surface area contributed by atoms with Crippen LogP contribution >= 0.6 is 27.5 Å². The maximum atomic E-state index is 6.18. The lowest BCUT2D eigenvalue weighted by molar-refractivity contribution is 0.482. The third kappa shape index (κ3) is 3.50. The van der Waals surface area contributed by atoms with Gasteiger partial charge in [0, 0.05) is 15.5 Å². The van der Waals surface area contributed by atoms with Crippen LogP contribution in [0.5, 0.6) is 11.5 Å². The van der Waals surface area contributed by atoms with Crippen LogP contribution in [0.15, 0.2) is 40.9 Å². The van der Waals surface area contributed by atoms with E-state index in [1.165, 1.54) is 0 Å². The lowest BCUT2D eigenvalue weighted by Crippen LogP contribution is -2.05. The molecule has 19 heavy (non-hydrogen) atoms. The van der Waals surface area contributed by atoms with Crippen LogP contribution in [0, 0.1) is 6.92 Å². The van der Waals surface area contributed by atoms with Crippen LogP contribution in [-0.4, -0.2) is 0 Å².